The fourth-order valence-electron chi connectivity index (χ4n) is 3.06. The first-order valence-corrected chi connectivity index (χ1v) is 8.56. The van der Waals surface area contributed by atoms with E-state index in [4.69, 9.17) is 9.47 Å². The molecule has 0 aliphatic rings. The summed E-state index contributed by atoms with van der Waals surface area (Å²) >= 11 is 0. The van der Waals surface area contributed by atoms with Gasteiger partial charge in [0.05, 0.1) is 25.8 Å². The van der Waals surface area contributed by atoms with Gasteiger partial charge < -0.3 is 19.7 Å². The number of anilines is 1. The molecule has 1 unspecified atom stereocenters. The highest BCUT2D eigenvalue weighted by Gasteiger charge is 2.19. The van der Waals surface area contributed by atoms with Gasteiger partial charge in [0, 0.05) is 23.6 Å². The number of ether oxygens (including phenoxy) is 2. The summed E-state index contributed by atoms with van der Waals surface area (Å²) in [5.41, 5.74) is 1.59. The Kier molecular flexibility index (Phi) is 5.71. The molecule has 3 rings (SSSR count). The second-order valence-corrected chi connectivity index (χ2v) is 6.33. The standard InChI is InChI=1S/C20H23FN4O2/c1-25(2)17(13-7-5-6-8-18(13)26-3)11-22-20-14-9-19(27-4)15(21)10-16(14)23-12-24-20/h5-10,12,17H,11H2,1-4H3,(H,22,23,24). The third-order valence-electron chi connectivity index (χ3n) is 4.49. The first-order chi connectivity index (χ1) is 13.0. The number of para-hydroxylation sites is 1. The van der Waals surface area contributed by atoms with Gasteiger partial charge in [0.1, 0.15) is 17.9 Å². The van der Waals surface area contributed by atoms with E-state index in [1.165, 1.54) is 19.5 Å². The molecule has 0 amide bonds. The number of methoxy groups -OCH3 is 2. The predicted octanol–water partition coefficient (Wildman–Crippen LogP) is 3.50. The molecule has 0 aliphatic carbocycles. The number of hydrogen-bond acceptors (Lipinski definition) is 6. The van der Waals surface area contributed by atoms with Gasteiger partial charge in [0.25, 0.3) is 0 Å². The minimum Gasteiger partial charge on any atom is -0.496 e. The topological polar surface area (TPSA) is 59.5 Å². The molecule has 7 heteroatoms. The molecule has 0 saturated heterocycles. The predicted molar refractivity (Wildman–Crippen MR) is 104 cm³/mol. The van der Waals surface area contributed by atoms with E-state index in [2.05, 4.69) is 20.2 Å². The number of rotatable bonds is 7. The fraction of sp³-hybridized carbons (Fsp3) is 0.300. The Morgan fingerprint density at radius 3 is 2.52 bits per heavy atom. The molecule has 0 fully saturated rings. The normalized spacial score (nSPS) is 12.2. The van der Waals surface area contributed by atoms with Crippen LogP contribution in [0.1, 0.15) is 11.6 Å². The number of halogens is 1. The van der Waals surface area contributed by atoms with Gasteiger partial charge in [-0.05, 0) is 26.2 Å². The molecule has 3 aromatic rings. The van der Waals surface area contributed by atoms with E-state index in [1.807, 2.05) is 38.4 Å². The summed E-state index contributed by atoms with van der Waals surface area (Å²) in [6, 6.07) is 10.9. The molecule has 1 N–H and O–H groups in total. The van der Waals surface area contributed by atoms with Gasteiger partial charge >= 0.3 is 0 Å². The molecule has 0 saturated carbocycles. The van der Waals surface area contributed by atoms with Crippen LogP contribution in [0.15, 0.2) is 42.7 Å². The summed E-state index contributed by atoms with van der Waals surface area (Å²) < 4.78 is 24.5. The molecule has 0 bridgehead atoms. The number of likely N-dealkylation sites (N-methyl/N-ethyl adjacent to an activating group) is 1. The van der Waals surface area contributed by atoms with Crippen molar-refractivity contribution < 1.29 is 13.9 Å². The van der Waals surface area contributed by atoms with Gasteiger partial charge in [0.15, 0.2) is 11.6 Å². The zero-order valence-electron chi connectivity index (χ0n) is 15.9. The van der Waals surface area contributed by atoms with Gasteiger partial charge in [-0.25, -0.2) is 14.4 Å². The Hall–Kier alpha value is -2.93. The number of nitrogens with zero attached hydrogens (tertiary/aromatic N) is 3. The van der Waals surface area contributed by atoms with Crippen LogP contribution in [0.2, 0.25) is 0 Å². The van der Waals surface area contributed by atoms with Crippen molar-refractivity contribution in [3.63, 3.8) is 0 Å². The Labute approximate surface area is 158 Å². The average molecular weight is 370 g/mol. The van der Waals surface area contributed by atoms with E-state index < -0.39 is 5.82 Å². The van der Waals surface area contributed by atoms with Crippen LogP contribution >= 0.6 is 0 Å². The summed E-state index contributed by atoms with van der Waals surface area (Å²) in [5, 5.41) is 4.07. The maximum absolute atomic E-state index is 13.9. The van der Waals surface area contributed by atoms with E-state index >= 15 is 0 Å². The van der Waals surface area contributed by atoms with Crippen molar-refractivity contribution in [2.75, 3.05) is 40.2 Å². The minimum atomic E-state index is -0.449. The second-order valence-electron chi connectivity index (χ2n) is 6.33. The van der Waals surface area contributed by atoms with Crippen LogP contribution < -0.4 is 14.8 Å². The van der Waals surface area contributed by atoms with Crippen molar-refractivity contribution in [1.29, 1.82) is 0 Å². The van der Waals surface area contributed by atoms with Crippen LogP contribution in [0.3, 0.4) is 0 Å². The zero-order chi connectivity index (χ0) is 19.4. The van der Waals surface area contributed by atoms with E-state index in [-0.39, 0.29) is 11.8 Å². The number of benzene rings is 2. The van der Waals surface area contributed by atoms with Crippen molar-refractivity contribution in [3.8, 4) is 11.5 Å². The smallest absolute Gasteiger partial charge is 0.167 e. The molecule has 6 nitrogen and oxygen atoms in total. The Morgan fingerprint density at radius 1 is 1.07 bits per heavy atom. The lowest BCUT2D eigenvalue weighted by Crippen LogP contribution is -2.27. The molecular formula is C20H23FN4O2. The summed E-state index contributed by atoms with van der Waals surface area (Å²) in [6.07, 6.45) is 1.42. The number of fused-ring (bicyclic) bond motifs is 1. The van der Waals surface area contributed by atoms with Crippen LogP contribution in [0, 0.1) is 5.82 Å². The fourth-order valence-corrected chi connectivity index (χ4v) is 3.06. The highest BCUT2D eigenvalue weighted by atomic mass is 19.1. The van der Waals surface area contributed by atoms with E-state index in [0.717, 1.165) is 11.3 Å². The second kappa shape index (κ2) is 8.18. The van der Waals surface area contributed by atoms with Crippen LogP contribution in [0.25, 0.3) is 10.9 Å². The molecule has 27 heavy (non-hydrogen) atoms. The lowest BCUT2D eigenvalue weighted by molar-refractivity contribution is 0.300. The van der Waals surface area contributed by atoms with Gasteiger partial charge in [-0.15, -0.1) is 0 Å². The van der Waals surface area contributed by atoms with Gasteiger partial charge in [-0.3, -0.25) is 0 Å². The van der Waals surface area contributed by atoms with Gasteiger partial charge in [-0.2, -0.15) is 0 Å². The highest BCUT2D eigenvalue weighted by molar-refractivity contribution is 5.90. The van der Waals surface area contributed by atoms with Crippen molar-refractivity contribution in [2.45, 2.75) is 6.04 Å². The third-order valence-corrected chi connectivity index (χ3v) is 4.49. The van der Waals surface area contributed by atoms with Crippen molar-refractivity contribution in [3.05, 3.63) is 54.1 Å². The molecule has 0 spiro atoms. The number of nitrogens with one attached hydrogen (secondary N) is 1. The van der Waals surface area contributed by atoms with Crippen LogP contribution in [0.4, 0.5) is 10.2 Å². The highest BCUT2D eigenvalue weighted by Crippen LogP contribution is 2.30. The Balaban J connectivity index is 1.92. The molecule has 1 heterocycles. The van der Waals surface area contributed by atoms with Crippen molar-refractivity contribution >= 4 is 16.7 Å². The summed E-state index contributed by atoms with van der Waals surface area (Å²) in [7, 11) is 7.12. The minimum absolute atomic E-state index is 0.0495. The lowest BCUT2D eigenvalue weighted by atomic mass is 10.0. The van der Waals surface area contributed by atoms with Crippen LogP contribution in [-0.2, 0) is 0 Å². The average Bonchev–Trinajstić information content (AvgIpc) is 2.67. The summed E-state index contributed by atoms with van der Waals surface area (Å²) in [6.45, 7) is 0.583. The largest absolute Gasteiger partial charge is 0.496 e. The first kappa shape index (κ1) is 18.8. The van der Waals surface area contributed by atoms with E-state index in [1.54, 1.807) is 13.2 Å². The zero-order valence-corrected chi connectivity index (χ0v) is 15.9. The molecule has 1 atom stereocenters. The van der Waals surface area contributed by atoms with E-state index in [9.17, 15) is 4.39 Å². The number of hydrogen-bond donors (Lipinski definition) is 1. The maximum atomic E-state index is 13.9. The molecule has 142 valence electrons. The molecular weight excluding hydrogens is 347 g/mol. The quantitative estimate of drug-likeness (QED) is 0.687. The van der Waals surface area contributed by atoms with Gasteiger partial charge in [0.2, 0.25) is 0 Å². The van der Waals surface area contributed by atoms with Gasteiger partial charge in [-0.1, -0.05) is 18.2 Å². The maximum Gasteiger partial charge on any atom is 0.167 e. The Morgan fingerprint density at radius 2 is 1.81 bits per heavy atom. The summed E-state index contributed by atoms with van der Waals surface area (Å²) in [5.74, 6) is 1.17. The summed E-state index contributed by atoms with van der Waals surface area (Å²) in [4.78, 5) is 10.6. The third kappa shape index (κ3) is 3.93. The van der Waals surface area contributed by atoms with Crippen LogP contribution in [0.5, 0.6) is 11.5 Å². The Bertz CT molecular complexity index is 933. The first-order valence-electron chi connectivity index (χ1n) is 8.56. The molecule has 1 aromatic heterocycles. The molecule has 2 aromatic carbocycles. The lowest BCUT2D eigenvalue weighted by Gasteiger charge is -2.27. The molecule has 0 aliphatic heterocycles. The molecule has 0 radical (unpaired) electrons. The van der Waals surface area contributed by atoms with Crippen LogP contribution in [-0.4, -0.2) is 49.7 Å². The van der Waals surface area contributed by atoms with Crippen molar-refractivity contribution in [1.82, 2.24) is 14.9 Å². The van der Waals surface area contributed by atoms with E-state index in [0.29, 0.717) is 23.3 Å². The van der Waals surface area contributed by atoms with Crippen molar-refractivity contribution in [2.24, 2.45) is 0 Å². The SMILES string of the molecule is COc1cc2c(NCC(c3ccccc3OC)N(C)C)ncnc2cc1F. The number of aromatic nitrogens is 2. The monoisotopic (exact) mass is 370 g/mol.